The van der Waals surface area contributed by atoms with Crippen molar-refractivity contribution in [2.75, 3.05) is 0 Å². The summed E-state index contributed by atoms with van der Waals surface area (Å²) in [6.45, 7) is 0.233. The van der Waals surface area contributed by atoms with Crippen LogP contribution in [-0.2, 0) is 11.4 Å². The van der Waals surface area contributed by atoms with Gasteiger partial charge in [-0.15, -0.1) is 4.91 Å². The molecule has 0 saturated carbocycles. The Morgan fingerprint density at radius 1 is 1.36 bits per heavy atom. The molecule has 0 aliphatic heterocycles. The lowest BCUT2D eigenvalue weighted by atomic mass is 10.2. The van der Waals surface area contributed by atoms with Gasteiger partial charge in [0, 0.05) is 4.47 Å². The van der Waals surface area contributed by atoms with Crippen LogP contribution < -0.4 is 0 Å². The summed E-state index contributed by atoms with van der Waals surface area (Å²) in [5.41, 5.74) is 0.924. The van der Waals surface area contributed by atoms with Gasteiger partial charge >= 0.3 is 0 Å². The first-order valence-corrected chi connectivity index (χ1v) is 3.81. The highest BCUT2D eigenvalue weighted by Gasteiger charge is 1.91. The molecule has 0 spiro atoms. The first kappa shape index (κ1) is 8.20. The van der Waals surface area contributed by atoms with E-state index in [1.54, 1.807) is 0 Å². The highest BCUT2D eigenvalue weighted by Crippen LogP contribution is 2.10. The molecule has 1 aromatic carbocycles. The smallest absolute Gasteiger partial charge is 0.155 e. The summed E-state index contributed by atoms with van der Waals surface area (Å²) in [4.78, 5) is 13.9. The average molecular weight is 216 g/mol. The molecule has 0 saturated heterocycles. The molecule has 0 radical (unpaired) electrons. The van der Waals surface area contributed by atoms with Gasteiger partial charge in [-0.2, -0.15) is 0 Å². The summed E-state index contributed by atoms with van der Waals surface area (Å²) < 4.78 is 1.00. The minimum absolute atomic E-state index is 0.233. The molecule has 1 rings (SSSR count). The second kappa shape index (κ2) is 4.08. The number of rotatable bonds is 3. The van der Waals surface area contributed by atoms with Gasteiger partial charge in [0.15, 0.2) is 5.34 Å². The van der Waals surface area contributed by atoms with Crippen molar-refractivity contribution in [1.82, 2.24) is 0 Å². The lowest BCUT2D eigenvalue weighted by molar-refractivity contribution is 0.126. The maximum atomic E-state index is 9.56. The third kappa shape index (κ3) is 2.67. The number of hydrogen-bond acceptors (Lipinski definition) is 3. The Hall–Kier alpha value is -0.900. The predicted octanol–water partition coefficient (Wildman–Crippen LogP) is 2.65. The second-order valence-corrected chi connectivity index (χ2v) is 2.89. The molecule has 3 nitrogen and oxygen atoms in total. The fourth-order valence-corrected chi connectivity index (χ4v) is 0.946. The Labute approximate surface area is 72.4 Å². The molecule has 0 N–H and O–H groups in total. The van der Waals surface area contributed by atoms with Crippen molar-refractivity contribution in [3.05, 3.63) is 39.2 Å². The van der Waals surface area contributed by atoms with Gasteiger partial charge in [-0.25, -0.2) is 0 Å². The van der Waals surface area contributed by atoms with Gasteiger partial charge < -0.3 is 4.84 Å². The fraction of sp³-hybridized carbons (Fsp3) is 0.143. The topological polar surface area (TPSA) is 38.7 Å². The van der Waals surface area contributed by atoms with E-state index in [9.17, 15) is 4.91 Å². The molecular weight excluding hydrogens is 210 g/mol. The Kier molecular flexibility index (Phi) is 3.04. The van der Waals surface area contributed by atoms with Gasteiger partial charge in [0.05, 0.1) is 0 Å². The van der Waals surface area contributed by atoms with Gasteiger partial charge in [-0.3, -0.25) is 0 Å². The largest absolute Gasteiger partial charge is 0.359 e. The highest BCUT2D eigenvalue weighted by atomic mass is 79.9. The van der Waals surface area contributed by atoms with E-state index < -0.39 is 0 Å². The van der Waals surface area contributed by atoms with Crippen molar-refractivity contribution < 1.29 is 4.84 Å². The van der Waals surface area contributed by atoms with Crippen molar-refractivity contribution in [3.8, 4) is 0 Å². The van der Waals surface area contributed by atoms with Gasteiger partial charge in [0.25, 0.3) is 0 Å². The van der Waals surface area contributed by atoms with E-state index in [1.165, 1.54) is 0 Å². The van der Waals surface area contributed by atoms with Gasteiger partial charge in [-0.05, 0) is 17.7 Å². The molecule has 0 aliphatic carbocycles. The first-order chi connectivity index (χ1) is 5.33. The van der Waals surface area contributed by atoms with Crippen molar-refractivity contribution in [3.63, 3.8) is 0 Å². The maximum Gasteiger partial charge on any atom is 0.155 e. The lowest BCUT2D eigenvalue weighted by Gasteiger charge is -1.96. The van der Waals surface area contributed by atoms with E-state index in [0.29, 0.717) is 0 Å². The summed E-state index contributed by atoms with van der Waals surface area (Å²) in [5, 5.41) is 2.29. The quantitative estimate of drug-likeness (QED) is 0.575. The zero-order valence-corrected chi connectivity index (χ0v) is 7.24. The molecule has 58 valence electrons. The normalized spacial score (nSPS) is 9.18. The van der Waals surface area contributed by atoms with Crippen LogP contribution in [0.15, 0.2) is 34.1 Å². The highest BCUT2D eigenvalue weighted by molar-refractivity contribution is 9.10. The fourth-order valence-electron chi connectivity index (χ4n) is 0.682. The lowest BCUT2D eigenvalue weighted by Crippen LogP contribution is -1.84. The zero-order valence-electron chi connectivity index (χ0n) is 5.66. The monoisotopic (exact) mass is 215 g/mol. The standard InChI is InChI=1S/C7H6BrNO2/c8-7-3-1-6(2-4-7)5-11-9-10/h1-4H,5H2. The second-order valence-electron chi connectivity index (χ2n) is 1.97. The Morgan fingerprint density at radius 3 is 2.55 bits per heavy atom. The summed E-state index contributed by atoms with van der Waals surface area (Å²) in [6.07, 6.45) is 0. The predicted molar refractivity (Wildman–Crippen MR) is 44.7 cm³/mol. The van der Waals surface area contributed by atoms with Crippen LogP contribution in [0.2, 0.25) is 0 Å². The SMILES string of the molecule is O=NOCc1ccc(Br)cc1. The van der Waals surface area contributed by atoms with E-state index in [-0.39, 0.29) is 6.61 Å². The number of halogens is 1. The molecule has 0 heterocycles. The molecule has 0 amide bonds. The van der Waals surface area contributed by atoms with Crippen molar-refractivity contribution >= 4 is 15.9 Å². The van der Waals surface area contributed by atoms with Crippen LogP contribution in [0.4, 0.5) is 0 Å². The van der Waals surface area contributed by atoms with E-state index in [1.807, 2.05) is 24.3 Å². The summed E-state index contributed by atoms with van der Waals surface area (Å²) in [6, 6.07) is 7.47. The van der Waals surface area contributed by atoms with Gasteiger partial charge in [0.2, 0.25) is 0 Å². The molecule has 0 aromatic heterocycles. The van der Waals surface area contributed by atoms with Crippen molar-refractivity contribution in [2.45, 2.75) is 6.61 Å². The molecule has 0 aliphatic rings. The number of nitrogens with zero attached hydrogens (tertiary/aromatic N) is 1. The Morgan fingerprint density at radius 2 is 2.00 bits per heavy atom. The third-order valence-corrected chi connectivity index (χ3v) is 1.73. The van der Waals surface area contributed by atoms with Gasteiger partial charge in [-0.1, -0.05) is 28.1 Å². The van der Waals surface area contributed by atoms with Crippen LogP contribution in [0, 0.1) is 4.91 Å². The van der Waals surface area contributed by atoms with E-state index in [4.69, 9.17) is 0 Å². The Bertz CT molecular complexity index is 235. The Balaban J connectivity index is 2.58. The molecule has 0 atom stereocenters. The van der Waals surface area contributed by atoms with Crippen LogP contribution >= 0.6 is 15.9 Å². The molecule has 0 unspecified atom stereocenters. The molecule has 1 aromatic rings. The van der Waals surface area contributed by atoms with Crippen LogP contribution in [-0.4, -0.2) is 0 Å². The van der Waals surface area contributed by atoms with E-state index in [2.05, 4.69) is 26.1 Å². The summed E-state index contributed by atoms with van der Waals surface area (Å²) in [5.74, 6) is 0. The summed E-state index contributed by atoms with van der Waals surface area (Å²) in [7, 11) is 0. The average Bonchev–Trinajstić information content (AvgIpc) is 2.04. The van der Waals surface area contributed by atoms with Crippen LogP contribution in [0.1, 0.15) is 5.56 Å². The first-order valence-electron chi connectivity index (χ1n) is 3.02. The maximum absolute atomic E-state index is 9.56. The van der Waals surface area contributed by atoms with Crippen LogP contribution in [0.25, 0.3) is 0 Å². The number of hydrogen-bond donors (Lipinski definition) is 0. The van der Waals surface area contributed by atoms with Crippen molar-refractivity contribution in [2.24, 2.45) is 5.34 Å². The molecular formula is C7H6BrNO2. The molecule has 11 heavy (non-hydrogen) atoms. The van der Waals surface area contributed by atoms with Crippen LogP contribution in [0.3, 0.4) is 0 Å². The molecule has 4 heteroatoms. The molecule has 0 fully saturated rings. The van der Waals surface area contributed by atoms with E-state index >= 15 is 0 Å². The third-order valence-electron chi connectivity index (χ3n) is 1.20. The zero-order chi connectivity index (χ0) is 8.10. The minimum Gasteiger partial charge on any atom is -0.359 e. The van der Waals surface area contributed by atoms with Crippen LogP contribution in [0.5, 0.6) is 0 Å². The minimum atomic E-state index is 0.233. The summed E-state index contributed by atoms with van der Waals surface area (Å²) >= 11 is 3.29. The number of benzene rings is 1. The van der Waals surface area contributed by atoms with Gasteiger partial charge in [0.1, 0.15) is 6.61 Å². The van der Waals surface area contributed by atoms with E-state index in [0.717, 1.165) is 10.0 Å². The molecule has 0 bridgehead atoms. The van der Waals surface area contributed by atoms with Crippen molar-refractivity contribution in [1.29, 1.82) is 0 Å².